The van der Waals surface area contributed by atoms with Gasteiger partial charge < -0.3 is 20.1 Å². The second-order valence-electron chi connectivity index (χ2n) is 8.80. The number of nitrogens with one attached hydrogen (secondary N) is 3. The lowest BCUT2D eigenvalue weighted by Gasteiger charge is -2.25. The van der Waals surface area contributed by atoms with Gasteiger partial charge in [0, 0.05) is 30.7 Å². The highest BCUT2D eigenvalue weighted by molar-refractivity contribution is 6.04. The van der Waals surface area contributed by atoms with Crippen molar-refractivity contribution in [3.63, 3.8) is 0 Å². The Morgan fingerprint density at radius 1 is 1.21 bits per heavy atom. The number of nitrogens with zero attached hydrogens (tertiary/aromatic N) is 4. The smallest absolute Gasteiger partial charge is 0.247 e. The summed E-state index contributed by atoms with van der Waals surface area (Å²) in [7, 11) is 0. The molecule has 33 heavy (non-hydrogen) atoms. The fourth-order valence-electron chi connectivity index (χ4n) is 4.61. The molecule has 0 spiro atoms. The standard InChI is InChI=1S/C24H31N7O2/c1-16-17(2)27-22-18(16)8-7-10-19(22)28-24(26-15-25)29-20-9-3-4-13-31(23(20)33)14-21(32)30-11-5-6-12-30/h7-8,10,20,27H,3-6,9,11-14H2,1-2H3,(H2,26,28,29). The molecule has 2 aliphatic rings. The SMILES string of the molecule is Cc1[nH]c2c(NC(=NC3CCCCN(CC(=O)N4CCCC4)C3=O)NC#N)cccc2c1C. The summed E-state index contributed by atoms with van der Waals surface area (Å²) in [6.45, 7) is 6.27. The third kappa shape index (κ3) is 4.95. The molecule has 4 rings (SSSR count). The number of fused-ring (bicyclic) bond motifs is 1. The number of anilines is 1. The largest absolute Gasteiger partial charge is 0.357 e. The molecule has 1 aromatic heterocycles. The quantitative estimate of drug-likeness (QED) is 0.287. The molecule has 174 valence electrons. The van der Waals surface area contributed by atoms with Gasteiger partial charge in [-0.1, -0.05) is 12.1 Å². The zero-order valence-electron chi connectivity index (χ0n) is 19.3. The van der Waals surface area contributed by atoms with Gasteiger partial charge in [-0.2, -0.15) is 5.26 Å². The summed E-state index contributed by atoms with van der Waals surface area (Å²) in [5.74, 6) is 0.0629. The molecule has 1 aromatic carbocycles. The van der Waals surface area contributed by atoms with Crippen LogP contribution in [0, 0.1) is 25.3 Å². The summed E-state index contributed by atoms with van der Waals surface area (Å²) in [5.41, 5.74) is 3.93. The monoisotopic (exact) mass is 449 g/mol. The minimum absolute atomic E-state index is 0.00291. The van der Waals surface area contributed by atoms with Crippen LogP contribution in [0.1, 0.15) is 43.4 Å². The maximum Gasteiger partial charge on any atom is 0.247 e. The molecule has 3 N–H and O–H groups in total. The summed E-state index contributed by atoms with van der Waals surface area (Å²) in [6, 6.07) is 5.24. The minimum Gasteiger partial charge on any atom is -0.357 e. The summed E-state index contributed by atoms with van der Waals surface area (Å²) >= 11 is 0. The molecule has 0 aliphatic carbocycles. The third-order valence-electron chi connectivity index (χ3n) is 6.59. The number of H-pyrrole nitrogens is 1. The molecule has 0 saturated carbocycles. The Morgan fingerprint density at radius 3 is 2.73 bits per heavy atom. The molecule has 9 nitrogen and oxygen atoms in total. The van der Waals surface area contributed by atoms with Crippen LogP contribution < -0.4 is 10.6 Å². The molecule has 0 bridgehead atoms. The maximum absolute atomic E-state index is 13.3. The summed E-state index contributed by atoms with van der Waals surface area (Å²) in [6.07, 6.45) is 6.20. The number of nitriles is 1. The molecule has 2 aliphatic heterocycles. The second kappa shape index (κ2) is 9.94. The van der Waals surface area contributed by atoms with Gasteiger partial charge in [-0.3, -0.25) is 14.9 Å². The van der Waals surface area contributed by atoms with E-state index in [-0.39, 0.29) is 24.3 Å². The normalized spacial score (nSPS) is 19.5. The fourth-order valence-corrected chi connectivity index (χ4v) is 4.61. The van der Waals surface area contributed by atoms with Crippen molar-refractivity contribution < 1.29 is 9.59 Å². The first-order valence-corrected chi connectivity index (χ1v) is 11.6. The van der Waals surface area contributed by atoms with Gasteiger partial charge in [-0.15, -0.1) is 0 Å². The van der Waals surface area contributed by atoms with E-state index >= 15 is 0 Å². The fraction of sp³-hybridized carbons (Fsp3) is 0.500. The second-order valence-corrected chi connectivity index (χ2v) is 8.80. The number of hydrogen-bond acceptors (Lipinski definition) is 4. The number of guanidine groups is 1. The van der Waals surface area contributed by atoms with Gasteiger partial charge in [0.1, 0.15) is 6.04 Å². The van der Waals surface area contributed by atoms with Crippen LogP contribution in [-0.4, -0.2) is 64.8 Å². The third-order valence-corrected chi connectivity index (χ3v) is 6.59. The molecule has 2 saturated heterocycles. The zero-order valence-corrected chi connectivity index (χ0v) is 19.3. The predicted octanol–water partition coefficient (Wildman–Crippen LogP) is 2.63. The van der Waals surface area contributed by atoms with Crippen LogP contribution >= 0.6 is 0 Å². The lowest BCUT2D eigenvalue weighted by molar-refractivity contribution is -0.140. The lowest BCUT2D eigenvalue weighted by Crippen LogP contribution is -2.45. The summed E-state index contributed by atoms with van der Waals surface area (Å²) < 4.78 is 0. The Balaban J connectivity index is 1.54. The Hall–Kier alpha value is -3.54. The highest BCUT2D eigenvalue weighted by Crippen LogP contribution is 2.27. The molecule has 3 heterocycles. The Morgan fingerprint density at radius 2 is 1.97 bits per heavy atom. The molecular weight excluding hydrogens is 418 g/mol. The topological polar surface area (TPSA) is 117 Å². The van der Waals surface area contributed by atoms with E-state index in [4.69, 9.17) is 0 Å². The minimum atomic E-state index is -0.645. The number of rotatable bonds is 4. The number of amides is 2. The maximum atomic E-state index is 13.3. The van der Waals surface area contributed by atoms with Gasteiger partial charge in [0.25, 0.3) is 0 Å². The van der Waals surface area contributed by atoms with E-state index in [9.17, 15) is 14.9 Å². The van der Waals surface area contributed by atoms with Gasteiger partial charge >= 0.3 is 0 Å². The van der Waals surface area contributed by atoms with Crippen molar-refractivity contribution in [3.05, 3.63) is 29.5 Å². The van der Waals surface area contributed by atoms with E-state index in [0.717, 1.165) is 66.6 Å². The van der Waals surface area contributed by atoms with Gasteiger partial charge in [-0.05, 0) is 57.6 Å². The molecule has 2 fully saturated rings. The van der Waals surface area contributed by atoms with Crippen LogP contribution in [0.15, 0.2) is 23.2 Å². The van der Waals surface area contributed by atoms with Crippen LogP contribution in [0.4, 0.5) is 5.69 Å². The highest BCUT2D eigenvalue weighted by atomic mass is 16.2. The first kappa shape index (κ1) is 22.6. The predicted molar refractivity (Wildman–Crippen MR) is 128 cm³/mol. The van der Waals surface area contributed by atoms with Crippen molar-refractivity contribution >= 4 is 34.4 Å². The number of hydrogen-bond donors (Lipinski definition) is 3. The Kier molecular flexibility index (Phi) is 6.82. The molecule has 2 amide bonds. The summed E-state index contributed by atoms with van der Waals surface area (Å²) in [4.78, 5) is 37.3. The van der Waals surface area contributed by atoms with Gasteiger partial charge in [-0.25, -0.2) is 4.99 Å². The highest BCUT2D eigenvalue weighted by Gasteiger charge is 2.30. The number of aromatic nitrogens is 1. The van der Waals surface area contributed by atoms with Gasteiger partial charge in [0.05, 0.1) is 17.7 Å². The van der Waals surface area contributed by atoms with Crippen LogP contribution in [0.5, 0.6) is 0 Å². The van der Waals surface area contributed by atoms with Crippen molar-refractivity contribution in [1.29, 1.82) is 5.26 Å². The lowest BCUT2D eigenvalue weighted by atomic mass is 10.1. The number of benzene rings is 1. The van der Waals surface area contributed by atoms with E-state index < -0.39 is 6.04 Å². The first-order chi connectivity index (χ1) is 16.0. The van der Waals surface area contributed by atoms with E-state index in [2.05, 4.69) is 27.5 Å². The van der Waals surface area contributed by atoms with Gasteiger partial charge in [0.2, 0.25) is 17.8 Å². The molecule has 9 heteroatoms. The molecule has 1 atom stereocenters. The molecule has 2 aromatic rings. The van der Waals surface area contributed by atoms with Crippen molar-refractivity contribution in [1.82, 2.24) is 20.1 Å². The number of carbonyl (C=O) groups excluding carboxylic acids is 2. The summed E-state index contributed by atoms with van der Waals surface area (Å²) in [5, 5.41) is 16.2. The van der Waals surface area contributed by atoms with Crippen molar-refractivity contribution in [2.75, 3.05) is 31.5 Å². The van der Waals surface area contributed by atoms with Crippen LogP contribution in [0.25, 0.3) is 10.9 Å². The average Bonchev–Trinajstić information content (AvgIpc) is 3.40. The van der Waals surface area contributed by atoms with Crippen molar-refractivity contribution in [3.8, 4) is 6.19 Å². The van der Waals surface area contributed by atoms with E-state index in [1.165, 1.54) is 0 Å². The molecule has 0 radical (unpaired) electrons. The van der Waals surface area contributed by atoms with Crippen LogP contribution in [0.2, 0.25) is 0 Å². The van der Waals surface area contributed by atoms with E-state index in [1.807, 2.05) is 36.2 Å². The number of carbonyl (C=O) groups is 2. The molecule has 1 unspecified atom stereocenters. The number of likely N-dealkylation sites (tertiary alicyclic amines) is 2. The number of aliphatic imine (C=N–C) groups is 1. The van der Waals surface area contributed by atoms with Crippen molar-refractivity contribution in [2.24, 2.45) is 4.99 Å². The first-order valence-electron chi connectivity index (χ1n) is 11.6. The van der Waals surface area contributed by atoms with Crippen LogP contribution in [-0.2, 0) is 9.59 Å². The van der Waals surface area contributed by atoms with E-state index in [1.54, 1.807) is 4.90 Å². The van der Waals surface area contributed by atoms with Crippen molar-refractivity contribution in [2.45, 2.75) is 52.0 Å². The van der Waals surface area contributed by atoms with E-state index in [0.29, 0.717) is 13.0 Å². The number of aryl methyl sites for hydroxylation is 2. The Bertz CT molecular complexity index is 1110. The molecular formula is C24H31N7O2. The number of aromatic amines is 1. The Labute approximate surface area is 193 Å². The average molecular weight is 450 g/mol. The van der Waals surface area contributed by atoms with Gasteiger partial charge in [0.15, 0.2) is 6.19 Å². The van der Waals surface area contributed by atoms with Crippen LogP contribution in [0.3, 0.4) is 0 Å². The zero-order chi connectivity index (χ0) is 23.4. The number of para-hydroxylation sites is 1.